The first kappa shape index (κ1) is 68.3. The van der Waals surface area contributed by atoms with Gasteiger partial charge >= 0.3 is 5.97 Å². The molecule has 0 rings (SSSR count). The van der Waals surface area contributed by atoms with Crippen molar-refractivity contribution in [1.29, 1.82) is 0 Å². The molecule has 0 aliphatic heterocycles. The average Bonchev–Trinajstić information content (AvgIpc) is 3.36. The van der Waals surface area contributed by atoms with Gasteiger partial charge in [0.15, 0.2) is 0 Å². The number of amides is 1. The Morgan fingerprint density at radius 1 is 0.386 bits per heavy atom. The molecular formula is C64H123NO5. The number of nitrogens with one attached hydrogen (secondary N) is 1. The average molecular weight is 987 g/mol. The lowest BCUT2D eigenvalue weighted by molar-refractivity contribution is -0.143. The summed E-state index contributed by atoms with van der Waals surface area (Å²) in [4.78, 5) is 24.6. The first-order valence-electron chi connectivity index (χ1n) is 31.6. The molecular weight excluding hydrogens is 863 g/mol. The zero-order chi connectivity index (χ0) is 50.7. The van der Waals surface area contributed by atoms with Gasteiger partial charge in [0, 0.05) is 12.8 Å². The van der Waals surface area contributed by atoms with Gasteiger partial charge in [0.1, 0.15) is 0 Å². The van der Waals surface area contributed by atoms with E-state index in [1.165, 1.54) is 270 Å². The van der Waals surface area contributed by atoms with E-state index in [0.29, 0.717) is 25.9 Å². The van der Waals surface area contributed by atoms with Gasteiger partial charge in [0.2, 0.25) is 5.91 Å². The Morgan fingerprint density at radius 3 is 1.01 bits per heavy atom. The molecule has 6 heteroatoms. The van der Waals surface area contributed by atoms with Crippen LogP contribution in [0.15, 0.2) is 24.3 Å². The Bertz CT molecular complexity index is 1090. The van der Waals surface area contributed by atoms with Gasteiger partial charge in [-0.3, -0.25) is 9.59 Å². The van der Waals surface area contributed by atoms with Crippen LogP contribution in [0.3, 0.4) is 0 Å². The lowest BCUT2D eigenvalue weighted by Gasteiger charge is -2.22. The quantitative estimate of drug-likeness (QED) is 0.0321. The monoisotopic (exact) mass is 986 g/mol. The summed E-state index contributed by atoms with van der Waals surface area (Å²) >= 11 is 0. The molecule has 2 atom stereocenters. The summed E-state index contributed by atoms with van der Waals surface area (Å²) in [6.45, 7) is 4.96. The zero-order valence-electron chi connectivity index (χ0n) is 47.3. The van der Waals surface area contributed by atoms with E-state index < -0.39 is 12.1 Å². The van der Waals surface area contributed by atoms with Crippen LogP contribution in [0.5, 0.6) is 0 Å². The number of carbonyl (C=O) groups excluding carboxylic acids is 2. The highest BCUT2D eigenvalue weighted by Crippen LogP contribution is 2.17. The number of hydrogen-bond donors (Lipinski definition) is 3. The molecule has 1 amide bonds. The maximum atomic E-state index is 12.5. The summed E-state index contributed by atoms with van der Waals surface area (Å²) in [5, 5.41) is 23.2. The minimum absolute atomic E-state index is 0.00823. The standard InChI is InChI=1S/C64H123NO5/c1-3-5-7-9-11-13-15-17-18-19-23-27-30-34-38-42-46-50-54-58-64(69)70-59-55-51-47-43-39-35-31-28-25-22-20-21-24-26-29-33-37-41-45-49-53-57-63(68)65-61(60-66)62(67)56-52-48-44-40-36-32-16-14-12-10-8-6-4-2/h17-18,21,24,61-62,66-67H,3-16,19-20,22-23,25-60H2,1-2H3,(H,65,68)/b18-17-,24-21-. The lowest BCUT2D eigenvalue weighted by atomic mass is 10.0. The van der Waals surface area contributed by atoms with Gasteiger partial charge in [-0.15, -0.1) is 0 Å². The topological polar surface area (TPSA) is 95.9 Å². The van der Waals surface area contributed by atoms with Crippen molar-refractivity contribution in [2.75, 3.05) is 13.2 Å². The molecule has 0 aliphatic rings. The highest BCUT2D eigenvalue weighted by molar-refractivity contribution is 5.76. The number of rotatable bonds is 59. The predicted octanol–water partition coefficient (Wildman–Crippen LogP) is 19.8. The number of ether oxygens (including phenoxy) is 1. The lowest BCUT2D eigenvalue weighted by Crippen LogP contribution is -2.45. The molecule has 0 aliphatic carbocycles. The van der Waals surface area contributed by atoms with E-state index in [0.717, 1.165) is 44.9 Å². The number of hydrogen-bond acceptors (Lipinski definition) is 5. The molecule has 0 aromatic carbocycles. The van der Waals surface area contributed by atoms with Crippen LogP contribution < -0.4 is 5.32 Å². The second-order valence-corrected chi connectivity index (χ2v) is 21.7. The molecule has 0 saturated carbocycles. The third-order valence-corrected chi connectivity index (χ3v) is 14.7. The van der Waals surface area contributed by atoms with Gasteiger partial charge in [0.05, 0.1) is 25.4 Å². The van der Waals surface area contributed by atoms with Crippen LogP contribution in [0.4, 0.5) is 0 Å². The van der Waals surface area contributed by atoms with E-state index in [1.54, 1.807) is 0 Å². The largest absolute Gasteiger partial charge is 0.466 e. The van der Waals surface area contributed by atoms with Crippen molar-refractivity contribution in [2.45, 2.75) is 360 Å². The normalized spacial score (nSPS) is 12.7. The van der Waals surface area contributed by atoms with Crippen molar-refractivity contribution in [3.63, 3.8) is 0 Å². The van der Waals surface area contributed by atoms with Crippen LogP contribution in [0.1, 0.15) is 348 Å². The van der Waals surface area contributed by atoms with Crippen LogP contribution in [0.25, 0.3) is 0 Å². The zero-order valence-corrected chi connectivity index (χ0v) is 47.3. The number of aliphatic hydroxyl groups excluding tert-OH is 2. The molecule has 0 radical (unpaired) electrons. The van der Waals surface area contributed by atoms with Crippen LogP contribution in [0, 0.1) is 0 Å². The summed E-state index contributed by atoms with van der Waals surface area (Å²) in [5.74, 6) is -0.0335. The Kier molecular flexibility index (Phi) is 58.5. The number of unbranched alkanes of at least 4 members (excludes halogenated alkanes) is 44. The third-order valence-electron chi connectivity index (χ3n) is 14.7. The van der Waals surface area contributed by atoms with E-state index in [-0.39, 0.29) is 18.5 Å². The van der Waals surface area contributed by atoms with E-state index in [4.69, 9.17) is 4.74 Å². The third kappa shape index (κ3) is 55.7. The first-order chi connectivity index (χ1) is 34.5. The summed E-state index contributed by atoms with van der Waals surface area (Å²) < 4.78 is 5.50. The highest BCUT2D eigenvalue weighted by Gasteiger charge is 2.20. The van der Waals surface area contributed by atoms with Crippen molar-refractivity contribution in [1.82, 2.24) is 5.32 Å². The second-order valence-electron chi connectivity index (χ2n) is 21.7. The summed E-state index contributed by atoms with van der Waals surface area (Å²) in [5.41, 5.74) is 0. The molecule has 2 unspecified atom stereocenters. The maximum Gasteiger partial charge on any atom is 0.305 e. The van der Waals surface area contributed by atoms with Crippen molar-refractivity contribution >= 4 is 11.9 Å². The smallest absolute Gasteiger partial charge is 0.305 e. The molecule has 0 fully saturated rings. The SMILES string of the molecule is CCCCCCCC/C=C\CCCCCCCCCCCC(=O)OCCCCCCCCCCCC/C=C\CCCCCCCCCC(=O)NC(CO)C(O)CCCCCCCCCCCCCCC. The fourth-order valence-corrected chi connectivity index (χ4v) is 9.87. The maximum absolute atomic E-state index is 12.5. The predicted molar refractivity (Wildman–Crippen MR) is 306 cm³/mol. The molecule has 0 spiro atoms. The summed E-state index contributed by atoms with van der Waals surface area (Å²) in [6, 6.07) is -0.546. The minimum Gasteiger partial charge on any atom is -0.466 e. The van der Waals surface area contributed by atoms with Crippen LogP contribution in [-0.2, 0) is 14.3 Å². The van der Waals surface area contributed by atoms with E-state index >= 15 is 0 Å². The Morgan fingerprint density at radius 2 is 0.671 bits per heavy atom. The number of allylic oxidation sites excluding steroid dienone is 4. The summed E-state index contributed by atoms with van der Waals surface area (Å²) in [7, 11) is 0. The van der Waals surface area contributed by atoms with E-state index in [1.807, 2.05) is 0 Å². The highest BCUT2D eigenvalue weighted by atomic mass is 16.5. The first-order valence-corrected chi connectivity index (χ1v) is 31.6. The molecule has 70 heavy (non-hydrogen) atoms. The fraction of sp³-hybridized carbons (Fsp3) is 0.906. The van der Waals surface area contributed by atoms with Gasteiger partial charge in [-0.1, -0.05) is 282 Å². The second kappa shape index (κ2) is 59.9. The molecule has 0 aromatic rings. The van der Waals surface area contributed by atoms with Gasteiger partial charge < -0.3 is 20.3 Å². The molecule has 3 N–H and O–H groups in total. The molecule has 0 aromatic heterocycles. The van der Waals surface area contributed by atoms with Crippen LogP contribution in [-0.4, -0.2) is 47.4 Å². The minimum atomic E-state index is -0.668. The molecule has 0 bridgehead atoms. The Balaban J connectivity index is 3.39. The van der Waals surface area contributed by atoms with E-state index in [2.05, 4.69) is 43.5 Å². The van der Waals surface area contributed by atoms with E-state index in [9.17, 15) is 19.8 Å². The molecule has 0 heterocycles. The van der Waals surface area contributed by atoms with Gasteiger partial charge in [-0.25, -0.2) is 0 Å². The fourth-order valence-electron chi connectivity index (χ4n) is 9.87. The molecule has 6 nitrogen and oxygen atoms in total. The van der Waals surface area contributed by atoms with Crippen molar-refractivity contribution in [2.24, 2.45) is 0 Å². The summed E-state index contributed by atoms with van der Waals surface area (Å²) in [6.07, 6.45) is 73.3. The Hall–Kier alpha value is -1.66. The van der Waals surface area contributed by atoms with Gasteiger partial charge in [-0.05, 0) is 77.0 Å². The van der Waals surface area contributed by atoms with Gasteiger partial charge in [-0.2, -0.15) is 0 Å². The number of esters is 1. The van der Waals surface area contributed by atoms with Crippen molar-refractivity contribution < 1.29 is 24.5 Å². The molecule has 414 valence electrons. The number of aliphatic hydroxyl groups is 2. The van der Waals surface area contributed by atoms with Crippen molar-refractivity contribution in [3.05, 3.63) is 24.3 Å². The van der Waals surface area contributed by atoms with Crippen LogP contribution >= 0.6 is 0 Å². The Labute approximate surface area is 437 Å². The number of carbonyl (C=O) groups is 2. The van der Waals surface area contributed by atoms with Crippen molar-refractivity contribution in [3.8, 4) is 0 Å². The van der Waals surface area contributed by atoms with Gasteiger partial charge in [0.25, 0.3) is 0 Å². The van der Waals surface area contributed by atoms with Crippen LogP contribution in [0.2, 0.25) is 0 Å². The molecule has 0 saturated heterocycles.